The van der Waals surface area contributed by atoms with Gasteiger partial charge < -0.3 is 0 Å². The molecule has 3 heteroatoms. The van der Waals surface area contributed by atoms with Crippen molar-refractivity contribution in [3.05, 3.63) is 121 Å². The molecule has 0 spiro atoms. The first-order valence-electron chi connectivity index (χ1n) is 9.91. The number of allylic oxidation sites excluding steroid dienone is 6. The maximum Gasteiger partial charge on any atom is 0.0181 e. The van der Waals surface area contributed by atoms with E-state index in [1.54, 1.807) is 0 Å². The summed E-state index contributed by atoms with van der Waals surface area (Å²) >= 11 is 10.8. The van der Waals surface area contributed by atoms with Crippen LogP contribution in [-0.2, 0) is 0 Å². The minimum Gasteiger partial charge on any atom is -0.0760 e. The predicted octanol–water partition coefficient (Wildman–Crippen LogP) is 9.56. The fourth-order valence-corrected chi connectivity index (χ4v) is 4.79. The minimum atomic E-state index is 0.403. The Morgan fingerprint density at radius 1 is 0.633 bits per heavy atom. The van der Waals surface area contributed by atoms with E-state index in [0.29, 0.717) is 5.92 Å². The summed E-state index contributed by atoms with van der Waals surface area (Å²) in [5, 5.41) is 0. The first-order chi connectivity index (χ1) is 14.5. The number of hydrogen-bond acceptors (Lipinski definition) is 0. The Bertz CT molecular complexity index is 1150. The van der Waals surface area contributed by atoms with E-state index in [9.17, 15) is 0 Å². The van der Waals surface area contributed by atoms with Crippen LogP contribution >= 0.6 is 47.8 Å². The lowest BCUT2D eigenvalue weighted by atomic mass is 9.85. The molecule has 0 fully saturated rings. The summed E-state index contributed by atoms with van der Waals surface area (Å²) in [6, 6.07) is 25.7. The first-order valence-corrected chi connectivity index (χ1v) is 12.3. The molecule has 4 rings (SSSR count). The third kappa shape index (κ3) is 5.14. The molecule has 0 N–H and O–H groups in total. The van der Waals surface area contributed by atoms with E-state index < -0.39 is 0 Å². The Labute approximate surface area is 203 Å². The molecule has 0 radical (unpaired) electrons. The van der Waals surface area contributed by atoms with Crippen molar-refractivity contribution >= 4 is 64.5 Å². The van der Waals surface area contributed by atoms with Crippen LogP contribution in [0, 0.1) is 5.92 Å². The average molecular weight is 585 g/mol. The molecule has 0 saturated carbocycles. The third-order valence-electron chi connectivity index (χ3n) is 5.34. The van der Waals surface area contributed by atoms with Gasteiger partial charge in [0.1, 0.15) is 0 Å². The van der Waals surface area contributed by atoms with Crippen LogP contribution in [0.2, 0.25) is 0 Å². The topological polar surface area (TPSA) is 0 Å². The molecule has 3 aromatic carbocycles. The molecule has 30 heavy (non-hydrogen) atoms. The molecule has 0 aliphatic heterocycles. The molecule has 0 heterocycles. The molecule has 0 amide bonds. The van der Waals surface area contributed by atoms with Crippen LogP contribution in [0.25, 0.3) is 16.7 Å². The Hall–Kier alpha value is -1.68. The standard InChI is InChI=1S/C27H21Br3/c1-18-8-9-21(20-4-2-6-25(29)15-20)14-23(19-10-12-24(28)13-11-19)17-27(18)22-5-3-7-26(30)16-22/h2-7,9-18H,8H2,1H3/b21-9-,23-14+,27-17+. The summed E-state index contributed by atoms with van der Waals surface area (Å²) < 4.78 is 3.29. The zero-order valence-corrected chi connectivity index (χ0v) is 21.3. The van der Waals surface area contributed by atoms with E-state index in [2.05, 4.69) is 146 Å². The van der Waals surface area contributed by atoms with Crippen LogP contribution < -0.4 is 0 Å². The monoisotopic (exact) mass is 582 g/mol. The van der Waals surface area contributed by atoms with Gasteiger partial charge in [-0.25, -0.2) is 0 Å². The van der Waals surface area contributed by atoms with Crippen molar-refractivity contribution in [1.82, 2.24) is 0 Å². The van der Waals surface area contributed by atoms with Gasteiger partial charge in [0, 0.05) is 13.4 Å². The van der Waals surface area contributed by atoms with Gasteiger partial charge in [-0.15, -0.1) is 0 Å². The number of rotatable bonds is 3. The molecule has 0 saturated heterocycles. The van der Waals surface area contributed by atoms with Gasteiger partial charge in [0.2, 0.25) is 0 Å². The van der Waals surface area contributed by atoms with Crippen molar-refractivity contribution in [3.63, 3.8) is 0 Å². The number of halogens is 3. The lowest BCUT2D eigenvalue weighted by Gasteiger charge is -2.20. The second-order valence-corrected chi connectivity index (χ2v) is 10.3. The number of hydrogen-bond donors (Lipinski definition) is 0. The molecule has 150 valence electrons. The van der Waals surface area contributed by atoms with Gasteiger partial charge in [-0.3, -0.25) is 0 Å². The highest BCUT2D eigenvalue weighted by Crippen LogP contribution is 2.36. The fraction of sp³-hybridized carbons (Fsp3) is 0.111. The van der Waals surface area contributed by atoms with E-state index in [0.717, 1.165) is 19.8 Å². The minimum absolute atomic E-state index is 0.403. The van der Waals surface area contributed by atoms with Gasteiger partial charge in [-0.05, 0) is 88.2 Å². The van der Waals surface area contributed by atoms with Gasteiger partial charge in [0.25, 0.3) is 0 Å². The van der Waals surface area contributed by atoms with Crippen molar-refractivity contribution in [2.75, 3.05) is 0 Å². The summed E-state index contributed by atoms with van der Waals surface area (Å²) in [5.74, 6) is 0.403. The SMILES string of the molecule is CC1C/C=C(c2cccc(Br)c2)/C=C(c2ccc(Br)cc2)\C=C/1c1cccc(Br)c1. The summed E-state index contributed by atoms with van der Waals surface area (Å²) in [7, 11) is 0. The highest BCUT2D eigenvalue weighted by Gasteiger charge is 2.16. The van der Waals surface area contributed by atoms with Gasteiger partial charge >= 0.3 is 0 Å². The zero-order valence-electron chi connectivity index (χ0n) is 16.6. The number of benzene rings is 3. The van der Waals surface area contributed by atoms with Crippen molar-refractivity contribution in [1.29, 1.82) is 0 Å². The van der Waals surface area contributed by atoms with Gasteiger partial charge in [-0.2, -0.15) is 0 Å². The molecule has 1 unspecified atom stereocenters. The summed E-state index contributed by atoms with van der Waals surface area (Å²) in [5.41, 5.74) is 7.53. The molecule has 1 atom stereocenters. The lowest BCUT2D eigenvalue weighted by molar-refractivity contribution is 0.766. The third-order valence-corrected chi connectivity index (χ3v) is 6.85. The quantitative estimate of drug-likeness (QED) is 0.287. The van der Waals surface area contributed by atoms with Crippen molar-refractivity contribution < 1.29 is 0 Å². The summed E-state index contributed by atoms with van der Waals surface area (Å²) in [4.78, 5) is 0. The largest absolute Gasteiger partial charge is 0.0760 e. The predicted molar refractivity (Wildman–Crippen MR) is 140 cm³/mol. The van der Waals surface area contributed by atoms with Gasteiger partial charge in [-0.1, -0.05) is 103 Å². The van der Waals surface area contributed by atoms with Crippen molar-refractivity contribution in [3.8, 4) is 0 Å². The van der Waals surface area contributed by atoms with E-state index in [1.807, 2.05) is 0 Å². The molecule has 0 aromatic heterocycles. The first kappa shape index (κ1) is 21.5. The maximum absolute atomic E-state index is 3.64. The lowest BCUT2D eigenvalue weighted by Crippen LogP contribution is -2.02. The zero-order chi connectivity index (χ0) is 21.1. The fourth-order valence-electron chi connectivity index (χ4n) is 3.72. The van der Waals surface area contributed by atoms with Crippen LogP contribution in [0.5, 0.6) is 0 Å². The van der Waals surface area contributed by atoms with Crippen molar-refractivity contribution in [2.24, 2.45) is 5.92 Å². The Morgan fingerprint density at radius 2 is 1.27 bits per heavy atom. The second kappa shape index (κ2) is 9.64. The summed E-state index contributed by atoms with van der Waals surface area (Å²) in [6.07, 6.45) is 8.04. The molecule has 1 aliphatic carbocycles. The summed E-state index contributed by atoms with van der Waals surface area (Å²) in [6.45, 7) is 2.31. The normalized spacial score (nSPS) is 22.0. The molecular weight excluding hydrogens is 564 g/mol. The van der Waals surface area contributed by atoms with Crippen LogP contribution in [0.1, 0.15) is 30.0 Å². The van der Waals surface area contributed by atoms with Crippen molar-refractivity contribution in [2.45, 2.75) is 13.3 Å². The molecule has 3 aromatic rings. The van der Waals surface area contributed by atoms with Gasteiger partial charge in [0.05, 0.1) is 0 Å². The highest BCUT2D eigenvalue weighted by molar-refractivity contribution is 9.11. The Kier molecular flexibility index (Phi) is 6.92. The Balaban J connectivity index is 1.88. The molecule has 1 aliphatic rings. The van der Waals surface area contributed by atoms with Crippen LogP contribution in [-0.4, -0.2) is 0 Å². The molecule has 0 bridgehead atoms. The van der Waals surface area contributed by atoms with E-state index in [4.69, 9.17) is 0 Å². The molecular formula is C27H21Br3. The second-order valence-electron chi connectivity index (χ2n) is 7.52. The van der Waals surface area contributed by atoms with E-state index in [-0.39, 0.29) is 0 Å². The maximum atomic E-state index is 3.64. The van der Waals surface area contributed by atoms with Crippen LogP contribution in [0.15, 0.2) is 104 Å². The van der Waals surface area contributed by atoms with Crippen LogP contribution in [0.4, 0.5) is 0 Å². The van der Waals surface area contributed by atoms with E-state index >= 15 is 0 Å². The smallest absolute Gasteiger partial charge is 0.0181 e. The molecule has 0 nitrogen and oxygen atoms in total. The van der Waals surface area contributed by atoms with Gasteiger partial charge in [0.15, 0.2) is 0 Å². The Morgan fingerprint density at radius 3 is 1.93 bits per heavy atom. The highest BCUT2D eigenvalue weighted by atomic mass is 79.9. The average Bonchev–Trinajstić information content (AvgIpc) is 2.72. The van der Waals surface area contributed by atoms with Crippen LogP contribution in [0.3, 0.4) is 0 Å². The van der Waals surface area contributed by atoms with E-state index in [1.165, 1.54) is 33.4 Å².